The highest BCUT2D eigenvalue weighted by Crippen LogP contribution is 2.30. The Bertz CT molecular complexity index is 839. The smallest absolute Gasteiger partial charge is 0.223 e. The Labute approximate surface area is 179 Å². The van der Waals surface area contributed by atoms with Crippen molar-refractivity contribution >= 4 is 5.91 Å². The van der Waals surface area contributed by atoms with E-state index < -0.39 is 0 Å². The van der Waals surface area contributed by atoms with Crippen LogP contribution in [0.4, 0.5) is 4.39 Å². The number of para-hydroxylation sites is 1. The molecule has 5 heteroatoms. The van der Waals surface area contributed by atoms with Crippen LogP contribution in [0.1, 0.15) is 44.7 Å². The molecule has 0 saturated carbocycles. The lowest BCUT2D eigenvalue weighted by Gasteiger charge is -2.31. The summed E-state index contributed by atoms with van der Waals surface area (Å²) in [4.78, 5) is 14.7. The van der Waals surface area contributed by atoms with E-state index in [0.717, 1.165) is 31.7 Å². The van der Waals surface area contributed by atoms with Gasteiger partial charge in [-0.3, -0.25) is 9.69 Å². The number of piperidine rings is 1. The molecule has 0 aromatic heterocycles. The average Bonchev–Trinajstić information content (AvgIpc) is 2.73. The molecule has 0 radical (unpaired) electrons. The van der Waals surface area contributed by atoms with Gasteiger partial charge in [-0.05, 0) is 49.0 Å². The van der Waals surface area contributed by atoms with Gasteiger partial charge >= 0.3 is 0 Å². The molecule has 0 bridgehead atoms. The number of ether oxygens (including phenoxy) is 1. The highest BCUT2D eigenvalue weighted by molar-refractivity contribution is 5.78. The highest BCUT2D eigenvalue weighted by atomic mass is 19.1. The van der Waals surface area contributed by atoms with Crippen molar-refractivity contribution in [3.63, 3.8) is 0 Å². The van der Waals surface area contributed by atoms with Gasteiger partial charge in [0.2, 0.25) is 5.91 Å². The van der Waals surface area contributed by atoms with E-state index in [1.165, 1.54) is 11.6 Å². The fourth-order valence-electron chi connectivity index (χ4n) is 3.91. The molecule has 1 fully saturated rings. The van der Waals surface area contributed by atoms with Crippen molar-refractivity contribution < 1.29 is 13.9 Å². The molecule has 2 aromatic carbocycles. The van der Waals surface area contributed by atoms with Crippen molar-refractivity contribution in [2.75, 3.05) is 26.2 Å². The van der Waals surface area contributed by atoms with E-state index >= 15 is 0 Å². The minimum Gasteiger partial charge on any atom is -0.491 e. The summed E-state index contributed by atoms with van der Waals surface area (Å²) in [6, 6.07) is 15.0. The van der Waals surface area contributed by atoms with E-state index in [1.807, 2.05) is 30.3 Å². The normalized spacial score (nSPS) is 15.7. The number of rotatable bonds is 7. The van der Waals surface area contributed by atoms with Crippen LogP contribution in [0.25, 0.3) is 0 Å². The van der Waals surface area contributed by atoms with Gasteiger partial charge in [0.15, 0.2) is 0 Å². The van der Waals surface area contributed by atoms with Crippen LogP contribution in [0.5, 0.6) is 5.75 Å². The van der Waals surface area contributed by atoms with Gasteiger partial charge in [-0.15, -0.1) is 0 Å². The quantitative estimate of drug-likeness (QED) is 0.680. The van der Waals surface area contributed by atoms with E-state index in [2.05, 4.69) is 37.1 Å². The zero-order valence-corrected chi connectivity index (χ0v) is 18.3. The average molecular weight is 413 g/mol. The Morgan fingerprint density at radius 2 is 1.77 bits per heavy atom. The molecule has 1 saturated heterocycles. The Morgan fingerprint density at radius 1 is 1.10 bits per heavy atom. The zero-order valence-electron chi connectivity index (χ0n) is 18.3. The first-order valence-corrected chi connectivity index (χ1v) is 10.8. The minimum atomic E-state index is -0.162. The number of hydrogen-bond acceptors (Lipinski definition) is 3. The standard InChI is InChI=1S/C25H33FN2O2/c1-25(2,3)21-9-5-7-11-23(21)30-17-14-27-24(29)19-12-15-28(16-13-19)18-20-8-4-6-10-22(20)26/h4-11,19H,12-18H2,1-3H3,(H,27,29). The summed E-state index contributed by atoms with van der Waals surface area (Å²) < 4.78 is 19.8. The van der Waals surface area contributed by atoms with E-state index in [9.17, 15) is 9.18 Å². The number of nitrogens with zero attached hydrogens (tertiary/aromatic N) is 1. The number of hydrogen-bond donors (Lipinski definition) is 1. The van der Waals surface area contributed by atoms with Crippen LogP contribution in [0, 0.1) is 11.7 Å². The first-order chi connectivity index (χ1) is 14.3. The number of amides is 1. The molecule has 1 heterocycles. The van der Waals surface area contributed by atoms with Crippen LogP contribution in [-0.2, 0) is 16.8 Å². The third kappa shape index (κ3) is 6.05. The predicted molar refractivity (Wildman–Crippen MR) is 118 cm³/mol. The van der Waals surface area contributed by atoms with E-state index in [4.69, 9.17) is 4.74 Å². The summed E-state index contributed by atoms with van der Waals surface area (Å²) in [6.07, 6.45) is 1.60. The third-order valence-corrected chi connectivity index (χ3v) is 5.66. The molecule has 1 aliphatic rings. The topological polar surface area (TPSA) is 41.6 Å². The summed E-state index contributed by atoms with van der Waals surface area (Å²) in [5, 5.41) is 3.01. The van der Waals surface area contributed by atoms with Gasteiger partial charge in [-0.1, -0.05) is 57.2 Å². The maximum atomic E-state index is 13.8. The molecule has 1 N–H and O–H groups in total. The fourth-order valence-corrected chi connectivity index (χ4v) is 3.91. The van der Waals surface area contributed by atoms with Crippen LogP contribution < -0.4 is 10.1 Å². The molecular formula is C25H33FN2O2. The number of halogens is 1. The first kappa shape index (κ1) is 22.3. The summed E-state index contributed by atoms with van der Waals surface area (Å²) in [5.41, 5.74) is 1.89. The predicted octanol–water partition coefficient (Wildman–Crippen LogP) is 4.53. The fraction of sp³-hybridized carbons (Fsp3) is 0.480. The lowest BCUT2D eigenvalue weighted by atomic mass is 9.86. The Morgan fingerprint density at radius 3 is 2.47 bits per heavy atom. The van der Waals surface area contributed by atoms with Gasteiger partial charge in [0.05, 0.1) is 6.54 Å². The molecule has 1 aliphatic heterocycles. The Hall–Kier alpha value is -2.40. The zero-order chi connectivity index (χ0) is 21.6. The second kappa shape index (κ2) is 10.1. The molecule has 0 aliphatic carbocycles. The largest absolute Gasteiger partial charge is 0.491 e. The molecule has 0 unspecified atom stereocenters. The third-order valence-electron chi connectivity index (χ3n) is 5.66. The summed E-state index contributed by atoms with van der Waals surface area (Å²) in [5.74, 6) is 0.822. The molecular weight excluding hydrogens is 379 g/mol. The van der Waals surface area contributed by atoms with Crippen LogP contribution in [-0.4, -0.2) is 37.0 Å². The van der Waals surface area contributed by atoms with Gasteiger partial charge in [0.1, 0.15) is 18.2 Å². The van der Waals surface area contributed by atoms with Crippen LogP contribution in [0.2, 0.25) is 0 Å². The lowest BCUT2D eigenvalue weighted by Crippen LogP contribution is -2.41. The molecule has 2 aromatic rings. The molecule has 1 amide bonds. The van der Waals surface area contributed by atoms with Gasteiger partial charge in [-0.25, -0.2) is 4.39 Å². The number of likely N-dealkylation sites (tertiary alicyclic amines) is 1. The lowest BCUT2D eigenvalue weighted by molar-refractivity contribution is -0.126. The maximum Gasteiger partial charge on any atom is 0.223 e. The van der Waals surface area contributed by atoms with Crippen molar-refractivity contribution in [1.29, 1.82) is 0 Å². The van der Waals surface area contributed by atoms with E-state index in [1.54, 1.807) is 6.07 Å². The first-order valence-electron chi connectivity index (χ1n) is 10.8. The van der Waals surface area contributed by atoms with Crippen molar-refractivity contribution in [3.05, 3.63) is 65.5 Å². The number of carbonyl (C=O) groups excluding carboxylic acids is 1. The maximum absolute atomic E-state index is 13.8. The minimum absolute atomic E-state index is 0.0104. The summed E-state index contributed by atoms with van der Waals surface area (Å²) in [7, 11) is 0. The van der Waals surface area contributed by atoms with Gasteiger partial charge in [0.25, 0.3) is 0 Å². The summed E-state index contributed by atoms with van der Waals surface area (Å²) >= 11 is 0. The molecule has 0 spiro atoms. The van der Waals surface area contributed by atoms with Crippen molar-refractivity contribution in [3.8, 4) is 5.75 Å². The second-order valence-corrected chi connectivity index (χ2v) is 9.03. The SMILES string of the molecule is CC(C)(C)c1ccccc1OCCNC(=O)C1CCN(Cc2ccccc2F)CC1. The van der Waals surface area contributed by atoms with Crippen LogP contribution in [0.3, 0.4) is 0 Å². The number of benzene rings is 2. The van der Waals surface area contributed by atoms with E-state index in [-0.39, 0.29) is 23.1 Å². The van der Waals surface area contributed by atoms with Crippen molar-refractivity contribution in [2.24, 2.45) is 5.92 Å². The Balaban J connectivity index is 1.39. The van der Waals surface area contributed by atoms with Crippen LogP contribution in [0.15, 0.2) is 48.5 Å². The number of nitrogens with one attached hydrogen (secondary N) is 1. The molecule has 162 valence electrons. The molecule has 30 heavy (non-hydrogen) atoms. The monoisotopic (exact) mass is 412 g/mol. The summed E-state index contributed by atoms with van der Waals surface area (Å²) in [6.45, 7) is 9.64. The van der Waals surface area contributed by atoms with Gasteiger partial charge in [0, 0.05) is 18.0 Å². The van der Waals surface area contributed by atoms with E-state index in [0.29, 0.717) is 25.3 Å². The van der Waals surface area contributed by atoms with Crippen molar-refractivity contribution in [2.45, 2.75) is 45.6 Å². The van der Waals surface area contributed by atoms with Crippen molar-refractivity contribution in [1.82, 2.24) is 10.2 Å². The Kier molecular flexibility index (Phi) is 7.48. The van der Waals surface area contributed by atoms with Crippen LogP contribution >= 0.6 is 0 Å². The molecule has 4 nitrogen and oxygen atoms in total. The van der Waals surface area contributed by atoms with Gasteiger partial charge < -0.3 is 10.1 Å². The number of carbonyl (C=O) groups is 1. The second-order valence-electron chi connectivity index (χ2n) is 9.03. The molecule has 0 atom stereocenters. The van der Waals surface area contributed by atoms with Gasteiger partial charge in [-0.2, -0.15) is 0 Å². The molecule has 3 rings (SSSR count). The highest BCUT2D eigenvalue weighted by Gasteiger charge is 2.25.